The zero-order valence-corrected chi connectivity index (χ0v) is 18.8. The third kappa shape index (κ3) is 3.17. The second-order valence-corrected chi connectivity index (χ2v) is 8.72. The molecule has 0 N–H and O–H groups in total. The van der Waals surface area contributed by atoms with Crippen molar-refractivity contribution in [1.29, 1.82) is 0 Å². The molecular weight excluding hydrogens is 460 g/mol. The molecule has 4 nitrogen and oxygen atoms in total. The van der Waals surface area contributed by atoms with Gasteiger partial charge < -0.3 is 0 Å². The summed E-state index contributed by atoms with van der Waals surface area (Å²) >= 11 is 3.62. The maximum Gasteiger partial charge on any atom is 0.159 e. The molecule has 0 atom stereocenters. The van der Waals surface area contributed by atoms with Crippen LogP contribution >= 0.6 is 15.9 Å². The van der Waals surface area contributed by atoms with Gasteiger partial charge in [0.1, 0.15) is 5.65 Å². The van der Waals surface area contributed by atoms with Crippen molar-refractivity contribution in [3.8, 4) is 17.1 Å². The van der Waals surface area contributed by atoms with Gasteiger partial charge >= 0.3 is 0 Å². The van der Waals surface area contributed by atoms with Crippen LogP contribution in [-0.2, 0) is 0 Å². The molecule has 1 aliphatic carbocycles. The van der Waals surface area contributed by atoms with Crippen molar-refractivity contribution in [2.75, 3.05) is 0 Å². The molecule has 0 spiro atoms. The summed E-state index contributed by atoms with van der Waals surface area (Å²) in [6.07, 6.45) is 12.5. The summed E-state index contributed by atoms with van der Waals surface area (Å²) in [5.74, 6) is 0.723. The molecule has 0 unspecified atom stereocenters. The number of aromatic nitrogens is 4. The van der Waals surface area contributed by atoms with Crippen molar-refractivity contribution in [3.05, 3.63) is 101 Å². The van der Waals surface area contributed by atoms with Crippen LogP contribution in [0.4, 0.5) is 0 Å². The molecule has 5 heteroatoms. The highest BCUT2D eigenvalue weighted by atomic mass is 79.9. The molecule has 154 valence electrons. The van der Waals surface area contributed by atoms with E-state index in [1.165, 1.54) is 0 Å². The van der Waals surface area contributed by atoms with Crippen molar-refractivity contribution in [3.63, 3.8) is 0 Å². The number of halogens is 1. The molecule has 5 aromatic rings. The van der Waals surface area contributed by atoms with Crippen LogP contribution in [-0.4, -0.2) is 19.5 Å². The summed E-state index contributed by atoms with van der Waals surface area (Å²) in [7, 11) is 0. The lowest BCUT2D eigenvalue weighted by Gasteiger charge is -2.15. The predicted octanol–water partition coefficient (Wildman–Crippen LogP) is 7.13. The molecular formula is C27H19BrN4. The van der Waals surface area contributed by atoms with Crippen molar-refractivity contribution >= 4 is 43.4 Å². The Hall–Kier alpha value is -3.57. The van der Waals surface area contributed by atoms with Gasteiger partial charge in [-0.3, -0.25) is 4.57 Å². The fraction of sp³-hybridized carbons (Fsp3) is 0.0741. The van der Waals surface area contributed by atoms with E-state index in [0.717, 1.165) is 67.6 Å². The zero-order valence-electron chi connectivity index (χ0n) is 17.2. The van der Waals surface area contributed by atoms with Crippen LogP contribution in [0.5, 0.6) is 0 Å². The van der Waals surface area contributed by atoms with Crippen LogP contribution in [0.15, 0.2) is 95.8 Å². The number of hydrogen-bond donors (Lipinski definition) is 0. The average molecular weight is 479 g/mol. The third-order valence-electron chi connectivity index (χ3n) is 5.80. The zero-order chi connectivity index (χ0) is 21.5. The predicted molar refractivity (Wildman–Crippen MR) is 134 cm³/mol. The maximum atomic E-state index is 5.07. The lowest BCUT2D eigenvalue weighted by Crippen LogP contribution is -2.06. The summed E-state index contributed by atoms with van der Waals surface area (Å²) in [6.45, 7) is 0. The summed E-state index contributed by atoms with van der Waals surface area (Å²) < 4.78 is 3.23. The number of nitrogens with zero attached hydrogens (tertiary/aromatic N) is 4. The van der Waals surface area contributed by atoms with E-state index < -0.39 is 0 Å². The van der Waals surface area contributed by atoms with Crippen LogP contribution in [0.3, 0.4) is 0 Å². The Morgan fingerprint density at radius 2 is 1.78 bits per heavy atom. The van der Waals surface area contributed by atoms with Gasteiger partial charge in [-0.15, -0.1) is 0 Å². The van der Waals surface area contributed by atoms with E-state index in [1.54, 1.807) is 0 Å². The van der Waals surface area contributed by atoms with Gasteiger partial charge in [0.2, 0.25) is 0 Å². The van der Waals surface area contributed by atoms with Crippen LogP contribution in [0, 0.1) is 0 Å². The number of pyridine rings is 1. The lowest BCUT2D eigenvalue weighted by molar-refractivity contribution is 1.02. The third-order valence-corrected chi connectivity index (χ3v) is 6.29. The number of fused-ring (bicyclic) bond motifs is 3. The van der Waals surface area contributed by atoms with Crippen molar-refractivity contribution in [2.45, 2.75) is 12.8 Å². The van der Waals surface area contributed by atoms with Crippen LogP contribution in [0.2, 0.25) is 0 Å². The second-order valence-electron chi connectivity index (χ2n) is 7.80. The van der Waals surface area contributed by atoms with Crippen LogP contribution in [0.25, 0.3) is 44.6 Å². The molecule has 0 aliphatic heterocycles. The highest BCUT2D eigenvalue weighted by molar-refractivity contribution is 9.10. The number of allylic oxidation sites excluding steroid dienone is 4. The Bertz CT molecular complexity index is 1530. The largest absolute Gasteiger partial charge is 0.290 e. The minimum atomic E-state index is 0.723. The smallest absolute Gasteiger partial charge is 0.159 e. The van der Waals surface area contributed by atoms with Gasteiger partial charge in [-0.1, -0.05) is 64.5 Å². The number of benzene rings is 2. The monoisotopic (exact) mass is 478 g/mol. The quantitative estimate of drug-likeness (QED) is 0.277. The molecule has 6 rings (SSSR count). The Balaban J connectivity index is 1.68. The van der Waals surface area contributed by atoms with E-state index in [2.05, 4.69) is 63.0 Å². The minimum absolute atomic E-state index is 0.723. The molecule has 3 heterocycles. The summed E-state index contributed by atoms with van der Waals surface area (Å²) in [4.78, 5) is 14.6. The summed E-state index contributed by atoms with van der Waals surface area (Å²) in [6, 6.07) is 20.6. The van der Waals surface area contributed by atoms with Crippen molar-refractivity contribution < 1.29 is 0 Å². The van der Waals surface area contributed by atoms with Gasteiger partial charge in [0, 0.05) is 27.0 Å². The SMILES string of the molecule is Brc1ccc2c(c1)c1cccnc1n2-c1cnc(-c2ccccc2)nc1C1=CCCC=C1. The van der Waals surface area contributed by atoms with E-state index in [0.29, 0.717) is 0 Å². The molecule has 0 radical (unpaired) electrons. The molecule has 0 fully saturated rings. The van der Waals surface area contributed by atoms with E-state index >= 15 is 0 Å². The summed E-state index contributed by atoms with van der Waals surface area (Å²) in [5.41, 5.74) is 5.96. The minimum Gasteiger partial charge on any atom is -0.290 e. The molecule has 1 aliphatic rings. The molecule has 3 aromatic heterocycles. The van der Waals surface area contributed by atoms with E-state index in [1.807, 2.05) is 48.8 Å². The number of rotatable bonds is 3. The highest BCUT2D eigenvalue weighted by Crippen LogP contribution is 2.35. The molecule has 2 aromatic carbocycles. The highest BCUT2D eigenvalue weighted by Gasteiger charge is 2.19. The molecule has 0 amide bonds. The Labute approximate surface area is 194 Å². The standard InChI is InChI=1S/C27H19BrN4/c28-20-13-14-23-22(16-20)21-12-7-15-29-27(21)32(23)24-17-30-26(19-10-5-2-6-11-19)31-25(24)18-8-3-1-4-9-18/h2-3,5-17H,1,4H2. The van der Waals surface area contributed by atoms with Crippen LogP contribution < -0.4 is 0 Å². The van der Waals surface area contributed by atoms with Gasteiger partial charge in [-0.05, 0) is 48.7 Å². The fourth-order valence-corrected chi connectivity index (χ4v) is 4.69. The van der Waals surface area contributed by atoms with Gasteiger partial charge in [-0.25, -0.2) is 15.0 Å². The van der Waals surface area contributed by atoms with E-state index in [9.17, 15) is 0 Å². The first-order valence-corrected chi connectivity index (χ1v) is 11.4. The van der Waals surface area contributed by atoms with Gasteiger partial charge in [0.05, 0.1) is 23.1 Å². The number of hydrogen-bond acceptors (Lipinski definition) is 3. The first-order valence-electron chi connectivity index (χ1n) is 10.6. The van der Waals surface area contributed by atoms with Crippen molar-refractivity contribution in [2.24, 2.45) is 0 Å². The van der Waals surface area contributed by atoms with E-state index in [-0.39, 0.29) is 0 Å². The molecule has 0 saturated carbocycles. The van der Waals surface area contributed by atoms with Crippen molar-refractivity contribution in [1.82, 2.24) is 19.5 Å². The molecule has 0 bridgehead atoms. The van der Waals surface area contributed by atoms with Crippen LogP contribution in [0.1, 0.15) is 18.5 Å². The maximum absolute atomic E-state index is 5.07. The Kier molecular flexibility index (Phi) is 4.69. The molecule has 32 heavy (non-hydrogen) atoms. The van der Waals surface area contributed by atoms with Gasteiger partial charge in [-0.2, -0.15) is 0 Å². The van der Waals surface area contributed by atoms with Gasteiger partial charge in [0.25, 0.3) is 0 Å². The fourth-order valence-electron chi connectivity index (χ4n) is 4.33. The average Bonchev–Trinajstić information content (AvgIpc) is 3.18. The van der Waals surface area contributed by atoms with E-state index in [4.69, 9.17) is 15.0 Å². The Morgan fingerprint density at radius 3 is 2.62 bits per heavy atom. The van der Waals surface area contributed by atoms with Gasteiger partial charge in [0.15, 0.2) is 5.82 Å². The normalized spacial score (nSPS) is 13.6. The molecule has 0 saturated heterocycles. The Morgan fingerprint density at radius 1 is 0.875 bits per heavy atom. The topological polar surface area (TPSA) is 43.6 Å². The first-order chi connectivity index (χ1) is 15.8. The summed E-state index contributed by atoms with van der Waals surface area (Å²) in [5, 5.41) is 2.25. The second kappa shape index (κ2) is 7.84. The first kappa shape index (κ1) is 19.1. The lowest BCUT2D eigenvalue weighted by atomic mass is 10.0.